The molecule has 7 nitrogen and oxygen atoms in total. The number of amides is 1. The molecule has 2 aromatic carbocycles. The SMILES string of the molecule is O=C(O)CCCc1nnc(-c2ccc(NC(=O)c3ccc(OC(F)(F)F)cc3)cc2)s1. The molecule has 0 aliphatic rings. The molecule has 31 heavy (non-hydrogen) atoms. The number of benzene rings is 2. The zero-order chi connectivity index (χ0) is 22.4. The normalized spacial score (nSPS) is 11.2. The number of halogens is 3. The zero-order valence-electron chi connectivity index (χ0n) is 15.8. The number of hydrogen-bond donors (Lipinski definition) is 2. The Kier molecular flexibility index (Phi) is 6.85. The lowest BCUT2D eigenvalue weighted by molar-refractivity contribution is -0.274. The minimum atomic E-state index is -4.79. The second-order valence-electron chi connectivity index (χ2n) is 6.35. The fraction of sp³-hybridized carbons (Fsp3) is 0.200. The number of carboxylic acid groups (broad SMARTS) is 1. The first-order valence-corrected chi connectivity index (χ1v) is 9.83. The van der Waals surface area contributed by atoms with Crippen LogP contribution in [0.4, 0.5) is 18.9 Å². The van der Waals surface area contributed by atoms with Gasteiger partial charge in [0.25, 0.3) is 5.91 Å². The zero-order valence-corrected chi connectivity index (χ0v) is 16.7. The Morgan fingerprint density at radius 3 is 2.32 bits per heavy atom. The van der Waals surface area contributed by atoms with Crippen LogP contribution in [-0.2, 0) is 11.2 Å². The topological polar surface area (TPSA) is 101 Å². The Labute approximate surface area is 178 Å². The van der Waals surface area contributed by atoms with Gasteiger partial charge in [-0.25, -0.2) is 0 Å². The molecule has 1 amide bonds. The summed E-state index contributed by atoms with van der Waals surface area (Å²) in [7, 11) is 0. The van der Waals surface area contributed by atoms with Crippen LogP contribution in [0.3, 0.4) is 0 Å². The summed E-state index contributed by atoms with van der Waals surface area (Å²) in [6, 6.07) is 11.4. The molecule has 0 aliphatic carbocycles. The number of carbonyl (C=O) groups excluding carboxylic acids is 1. The summed E-state index contributed by atoms with van der Waals surface area (Å²) in [6.45, 7) is 0. The van der Waals surface area contributed by atoms with Crippen LogP contribution in [0.1, 0.15) is 28.2 Å². The number of rotatable bonds is 8. The standard InChI is InChI=1S/C20H16F3N3O4S/c21-20(22,23)30-15-10-6-12(7-11-15)18(29)24-14-8-4-13(5-9-14)19-26-25-16(31-19)2-1-3-17(27)28/h4-11H,1-3H2,(H,24,29)(H,27,28). The number of nitrogens with zero attached hydrogens (tertiary/aromatic N) is 2. The van der Waals surface area contributed by atoms with Crippen molar-refractivity contribution in [3.05, 3.63) is 59.1 Å². The number of aryl methyl sites for hydroxylation is 1. The Bertz CT molecular complexity index is 1050. The van der Waals surface area contributed by atoms with Crippen molar-refractivity contribution < 1.29 is 32.6 Å². The average molecular weight is 451 g/mol. The van der Waals surface area contributed by atoms with Gasteiger partial charge in [-0.1, -0.05) is 11.3 Å². The summed E-state index contributed by atoms with van der Waals surface area (Å²) in [5, 5.41) is 20.9. The van der Waals surface area contributed by atoms with Gasteiger partial charge in [0.1, 0.15) is 15.8 Å². The van der Waals surface area contributed by atoms with E-state index in [1.54, 1.807) is 24.3 Å². The van der Waals surface area contributed by atoms with Crippen LogP contribution in [0.5, 0.6) is 5.75 Å². The number of alkyl halides is 3. The van der Waals surface area contributed by atoms with Crippen LogP contribution in [0, 0.1) is 0 Å². The number of ether oxygens (including phenoxy) is 1. The summed E-state index contributed by atoms with van der Waals surface area (Å²) in [5.41, 5.74) is 1.46. The number of anilines is 1. The molecule has 0 aliphatic heterocycles. The van der Waals surface area contributed by atoms with E-state index in [2.05, 4.69) is 20.3 Å². The van der Waals surface area contributed by atoms with Gasteiger partial charge in [-0.3, -0.25) is 9.59 Å². The highest BCUT2D eigenvalue weighted by Gasteiger charge is 2.31. The van der Waals surface area contributed by atoms with Crippen molar-refractivity contribution in [1.29, 1.82) is 0 Å². The number of hydrogen-bond acceptors (Lipinski definition) is 6. The molecule has 2 N–H and O–H groups in total. The third-order valence-corrected chi connectivity index (χ3v) is 5.02. The van der Waals surface area contributed by atoms with E-state index in [4.69, 9.17) is 5.11 Å². The highest BCUT2D eigenvalue weighted by Crippen LogP contribution is 2.26. The first-order valence-electron chi connectivity index (χ1n) is 9.01. The highest BCUT2D eigenvalue weighted by molar-refractivity contribution is 7.14. The van der Waals surface area contributed by atoms with E-state index in [1.165, 1.54) is 23.5 Å². The second-order valence-corrected chi connectivity index (χ2v) is 7.41. The van der Waals surface area contributed by atoms with Gasteiger partial charge in [-0.2, -0.15) is 0 Å². The van der Waals surface area contributed by atoms with Crippen molar-refractivity contribution in [2.75, 3.05) is 5.32 Å². The molecule has 1 aromatic heterocycles. The first-order chi connectivity index (χ1) is 14.7. The third-order valence-electron chi connectivity index (χ3n) is 3.99. The van der Waals surface area contributed by atoms with Gasteiger partial charge in [-0.15, -0.1) is 23.4 Å². The quantitative estimate of drug-likeness (QED) is 0.512. The minimum absolute atomic E-state index is 0.0708. The van der Waals surface area contributed by atoms with Crippen molar-refractivity contribution >= 4 is 28.9 Å². The Morgan fingerprint density at radius 1 is 1.03 bits per heavy atom. The van der Waals surface area contributed by atoms with E-state index >= 15 is 0 Å². The molecular weight excluding hydrogens is 435 g/mol. The lowest BCUT2D eigenvalue weighted by Crippen LogP contribution is -2.17. The molecule has 11 heteroatoms. The summed E-state index contributed by atoms with van der Waals surface area (Å²) >= 11 is 1.36. The van der Waals surface area contributed by atoms with Gasteiger partial charge in [0.15, 0.2) is 0 Å². The van der Waals surface area contributed by atoms with Crippen LogP contribution in [0.25, 0.3) is 10.6 Å². The van der Waals surface area contributed by atoms with Crippen LogP contribution in [0.15, 0.2) is 48.5 Å². The number of carbonyl (C=O) groups is 2. The van der Waals surface area contributed by atoms with Crippen molar-refractivity contribution in [2.45, 2.75) is 25.6 Å². The Balaban J connectivity index is 1.58. The van der Waals surface area contributed by atoms with Gasteiger partial charge in [0.2, 0.25) is 0 Å². The second kappa shape index (κ2) is 9.56. The molecule has 162 valence electrons. The van der Waals surface area contributed by atoms with E-state index in [-0.39, 0.29) is 12.0 Å². The fourth-order valence-electron chi connectivity index (χ4n) is 2.57. The number of nitrogens with one attached hydrogen (secondary N) is 1. The van der Waals surface area contributed by atoms with E-state index < -0.39 is 24.0 Å². The minimum Gasteiger partial charge on any atom is -0.481 e. The number of aliphatic carboxylic acids is 1. The maximum Gasteiger partial charge on any atom is 0.573 e. The fourth-order valence-corrected chi connectivity index (χ4v) is 3.46. The van der Waals surface area contributed by atoms with Crippen molar-refractivity contribution in [3.63, 3.8) is 0 Å². The number of aromatic nitrogens is 2. The smallest absolute Gasteiger partial charge is 0.481 e. The molecule has 0 spiro atoms. The van der Waals surface area contributed by atoms with Crippen molar-refractivity contribution in [2.24, 2.45) is 0 Å². The third kappa shape index (κ3) is 6.78. The molecule has 0 fully saturated rings. The van der Waals surface area contributed by atoms with Crippen LogP contribution in [0.2, 0.25) is 0 Å². The largest absolute Gasteiger partial charge is 0.573 e. The van der Waals surface area contributed by atoms with E-state index in [0.29, 0.717) is 23.5 Å². The molecule has 0 saturated carbocycles. The van der Waals surface area contributed by atoms with Gasteiger partial charge < -0.3 is 15.2 Å². The van der Waals surface area contributed by atoms with Gasteiger partial charge in [-0.05, 0) is 55.0 Å². The maximum atomic E-state index is 12.3. The van der Waals surface area contributed by atoms with Crippen molar-refractivity contribution in [1.82, 2.24) is 10.2 Å². The van der Waals surface area contributed by atoms with Crippen molar-refractivity contribution in [3.8, 4) is 16.3 Å². The first kappa shape index (κ1) is 22.2. The van der Waals surface area contributed by atoms with Crippen LogP contribution >= 0.6 is 11.3 Å². The molecule has 0 radical (unpaired) electrons. The molecule has 3 rings (SSSR count). The number of carboxylic acids is 1. The predicted molar refractivity (Wildman–Crippen MR) is 107 cm³/mol. The Morgan fingerprint density at radius 2 is 1.71 bits per heavy atom. The molecule has 0 unspecified atom stereocenters. The Hall–Kier alpha value is -3.47. The highest BCUT2D eigenvalue weighted by atomic mass is 32.1. The van der Waals surface area contributed by atoms with Gasteiger partial charge in [0.05, 0.1) is 0 Å². The molecule has 0 atom stereocenters. The molecule has 3 aromatic rings. The predicted octanol–water partition coefficient (Wildman–Crippen LogP) is 4.76. The average Bonchev–Trinajstić information content (AvgIpc) is 3.16. The summed E-state index contributed by atoms with van der Waals surface area (Å²) in [4.78, 5) is 22.9. The van der Waals surface area contributed by atoms with E-state index in [1.807, 2.05) is 0 Å². The lowest BCUT2D eigenvalue weighted by atomic mass is 10.2. The lowest BCUT2D eigenvalue weighted by Gasteiger charge is -2.09. The van der Waals surface area contributed by atoms with E-state index in [0.717, 1.165) is 22.7 Å². The summed E-state index contributed by atoms with van der Waals surface area (Å²) < 4.78 is 40.4. The van der Waals surface area contributed by atoms with Crippen LogP contribution < -0.4 is 10.1 Å². The van der Waals surface area contributed by atoms with Crippen LogP contribution in [-0.4, -0.2) is 33.5 Å². The summed E-state index contributed by atoms with van der Waals surface area (Å²) in [6.07, 6.45) is -3.71. The van der Waals surface area contributed by atoms with Gasteiger partial charge >= 0.3 is 12.3 Å². The molecular formula is C20H16F3N3O4S. The van der Waals surface area contributed by atoms with E-state index in [9.17, 15) is 22.8 Å². The molecule has 0 saturated heterocycles. The van der Waals surface area contributed by atoms with Gasteiger partial charge in [0, 0.05) is 29.7 Å². The summed E-state index contributed by atoms with van der Waals surface area (Å²) in [5.74, 6) is -1.75. The molecule has 0 bridgehead atoms. The molecule has 1 heterocycles. The maximum absolute atomic E-state index is 12.3. The monoisotopic (exact) mass is 451 g/mol.